The Labute approximate surface area is 70.9 Å². The van der Waals surface area contributed by atoms with Gasteiger partial charge >= 0.3 is 0 Å². The first kappa shape index (κ1) is 8.76. The number of nitrogens with zero attached hydrogens (tertiary/aromatic N) is 1. The minimum Gasteiger partial charge on any atom is -0.324 e. The van der Waals surface area contributed by atoms with E-state index in [1.807, 2.05) is 18.2 Å². The van der Waals surface area contributed by atoms with Crippen molar-refractivity contribution in [3.05, 3.63) is 23.8 Å². The first-order chi connectivity index (χ1) is 5.77. The van der Waals surface area contributed by atoms with E-state index in [4.69, 9.17) is 17.4 Å². The van der Waals surface area contributed by atoms with E-state index in [2.05, 4.69) is 10.5 Å². The Morgan fingerprint density at radius 2 is 2.42 bits per heavy atom. The van der Waals surface area contributed by atoms with Crippen LogP contribution in [-0.2, 0) is 0 Å². The normalized spacial score (nSPS) is 23.7. The molecule has 1 aliphatic rings. The summed E-state index contributed by atoms with van der Waals surface area (Å²) in [7, 11) is 0. The maximum absolute atomic E-state index is 5.63. The summed E-state index contributed by atoms with van der Waals surface area (Å²) in [5, 5.41) is 3.48. The third-order valence-corrected chi connectivity index (χ3v) is 1.67. The van der Waals surface area contributed by atoms with Gasteiger partial charge in [-0.05, 0) is 6.42 Å². The molecule has 1 unspecified atom stereocenters. The van der Waals surface area contributed by atoms with E-state index in [9.17, 15) is 0 Å². The fourth-order valence-corrected chi connectivity index (χ4v) is 1.01. The van der Waals surface area contributed by atoms with E-state index in [1.165, 1.54) is 0 Å². The Hall–Kier alpha value is -1.33. The Morgan fingerprint density at radius 1 is 1.67 bits per heavy atom. The molecule has 0 heterocycles. The molecule has 0 bridgehead atoms. The number of amidine groups is 1. The van der Waals surface area contributed by atoms with Crippen molar-refractivity contribution in [2.24, 2.45) is 22.5 Å². The van der Waals surface area contributed by atoms with E-state index >= 15 is 0 Å². The second-order valence-corrected chi connectivity index (χ2v) is 2.54. The average molecular weight is 167 g/mol. The van der Waals surface area contributed by atoms with E-state index < -0.39 is 0 Å². The maximum atomic E-state index is 5.63. The van der Waals surface area contributed by atoms with Crippen molar-refractivity contribution in [3.8, 4) is 0 Å². The summed E-state index contributed by atoms with van der Waals surface area (Å²) in [5.74, 6) is 10.7. The molecule has 0 aromatic carbocycles. The second-order valence-electron chi connectivity index (χ2n) is 2.54. The molecule has 0 saturated heterocycles. The topological polar surface area (TPSA) is 102 Å². The number of hydrogen-bond donors (Lipinski definition) is 4. The number of hydrogen-bond acceptors (Lipinski definition) is 4. The molecule has 0 aromatic heterocycles. The highest BCUT2D eigenvalue weighted by Crippen LogP contribution is 2.08. The molecule has 0 aromatic rings. The van der Waals surface area contributed by atoms with Gasteiger partial charge in [-0.3, -0.25) is 0 Å². The number of hydrazine groups is 1. The number of rotatable bonds is 1. The molecule has 5 heteroatoms. The van der Waals surface area contributed by atoms with Crippen LogP contribution in [0.5, 0.6) is 0 Å². The highest BCUT2D eigenvalue weighted by Gasteiger charge is 2.07. The summed E-state index contributed by atoms with van der Waals surface area (Å²) in [4.78, 5) is 0. The quantitative estimate of drug-likeness (QED) is 0.173. The molecule has 0 saturated carbocycles. The predicted octanol–water partition coefficient (Wildman–Crippen LogP) is -1.06. The molecular weight excluding hydrogens is 154 g/mol. The van der Waals surface area contributed by atoms with Gasteiger partial charge in [0.2, 0.25) is 0 Å². The monoisotopic (exact) mass is 167 g/mol. The van der Waals surface area contributed by atoms with E-state index in [0.717, 1.165) is 12.0 Å². The third kappa shape index (κ3) is 1.84. The molecule has 0 aliphatic heterocycles. The minimum absolute atomic E-state index is 0.0885. The summed E-state index contributed by atoms with van der Waals surface area (Å²) >= 11 is 0. The standard InChI is InChI=1S/C7H13N5/c8-6-3-1-5(2-4-6)7(11-9)12-10/h1-3,6H,4,8-10H2,(H,11,12). The van der Waals surface area contributed by atoms with Crippen molar-refractivity contribution in [3.63, 3.8) is 0 Å². The Balaban J connectivity index is 2.72. The van der Waals surface area contributed by atoms with E-state index in [1.54, 1.807) is 0 Å². The minimum atomic E-state index is 0.0885. The maximum Gasteiger partial charge on any atom is 0.166 e. The molecule has 0 radical (unpaired) electrons. The van der Waals surface area contributed by atoms with Crippen LogP contribution in [0.15, 0.2) is 28.9 Å². The van der Waals surface area contributed by atoms with Crippen LogP contribution in [0.25, 0.3) is 0 Å². The van der Waals surface area contributed by atoms with E-state index in [-0.39, 0.29) is 6.04 Å². The van der Waals surface area contributed by atoms with Gasteiger partial charge in [0.15, 0.2) is 5.84 Å². The van der Waals surface area contributed by atoms with Gasteiger partial charge in [-0.1, -0.05) is 18.2 Å². The van der Waals surface area contributed by atoms with Gasteiger partial charge in [-0.25, -0.2) is 5.84 Å². The van der Waals surface area contributed by atoms with Crippen molar-refractivity contribution in [2.45, 2.75) is 12.5 Å². The van der Waals surface area contributed by atoms with Crippen LogP contribution < -0.4 is 22.8 Å². The molecule has 5 nitrogen and oxygen atoms in total. The Bertz CT molecular complexity index is 240. The van der Waals surface area contributed by atoms with Crippen molar-refractivity contribution in [2.75, 3.05) is 0 Å². The van der Waals surface area contributed by atoms with Crippen LogP contribution in [0.1, 0.15) is 6.42 Å². The molecule has 0 fully saturated rings. The molecule has 12 heavy (non-hydrogen) atoms. The van der Waals surface area contributed by atoms with Gasteiger partial charge in [0.25, 0.3) is 0 Å². The fourth-order valence-electron chi connectivity index (χ4n) is 1.01. The molecule has 0 spiro atoms. The largest absolute Gasteiger partial charge is 0.324 e. The van der Waals surface area contributed by atoms with Gasteiger partial charge in [-0.15, -0.1) is 0 Å². The van der Waals surface area contributed by atoms with Crippen LogP contribution in [0.2, 0.25) is 0 Å². The molecule has 1 aliphatic carbocycles. The molecular formula is C7H13N5. The first-order valence-corrected chi connectivity index (χ1v) is 3.66. The van der Waals surface area contributed by atoms with Crippen molar-refractivity contribution >= 4 is 5.84 Å². The zero-order valence-corrected chi connectivity index (χ0v) is 6.70. The number of hydrazone groups is 1. The first-order valence-electron chi connectivity index (χ1n) is 3.66. The van der Waals surface area contributed by atoms with Gasteiger partial charge < -0.3 is 17.0 Å². The lowest BCUT2D eigenvalue weighted by Crippen LogP contribution is -2.33. The lowest BCUT2D eigenvalue weighted by molar-refractivity contribution is 0.820. The van der Waals surface area contributed by atoms with Gasteiger partial charge in [0.1, 0.15) is 0 Å². The van der Waals surface area contributed by atoms with Gasteiger partial charge in [0.05, 0.1) is 0 Å². The van der Waals surface area contributed by atoms with Crippen LogP contribution in [-0.4, -0.2) is 11.9 Å². The molecule has 7 N–H and O–H groups in total. The Kier molecular flexibility index (Phi) is 2.84. The number of nitrogens with two attached hydrogens (primary N) is 3. The van der Waals surface area contributed by atoms with Crippen LogP contribution in [0, 0.1) is 0 Å². The highest BCUT2D eigenvalue weighted by atomic mass is 15.3. The SMILES string of the molecule is N/N=C(\NN)C1=CCC(N)C=C1. The Morgan fingerprint density at radius 3 is 2.83 bits per heavy atom. The summed E-state index contributed by atoms with van der Waals surface area (Å²) in [6, 6.07) is 0.0885. The van der Waals surface area contributed by atoms with Gasteiger partial charge in [0, 0.05) is 11.6 Å². The average Bonchev–Trinajstić information content (AvgIpc) is 2.10. The smallest absolute Gasteiger partial charge is 0.166 e. The summed E-state index contributed by atoms with van der Waals surface area (Å²) in [6.45, 7) is 0. The summed E-state index contributed by atoms with van der Waals surface area (Å²) < 4.78 is 0. The van der Waals surface area contributed by atoms with Crippen molar-refractivity contribution in [1.29, 1.82) is 0 Å². The van der Waals surface area contributed by atoms with Gasteiger partial charge in [-0.2, -0.15) is 5.10 Å². The summed E-state index contributed by atoms with van der Waals surface area (Å²) in [6.07, 6.45) is 6.46. The predicted molar refractivity (Wildman–Crippen MR) is 48.8 cm³/mol. The molecule has 66 valence electrons. The zero-order valence-electron chi connectivity index (χ0n) is 6.70. The summed E-state index contributed by atoms with van der Waals surface area (Å²) in [5.41, 5.74) is 8.90. The molecule has 1 rings (SSSR count). The molecule has 0 amide bonds. The molecule has 1 atom stereocenters. The fraction of sp³-hybridized carbons (Fsp3) is 0.286. The number of nitrogens with one attached hydrogen (secondary N) is 1. The van der Waals surface area contributed by atoms with Crippen LogP contribution in [0.4, 0.5) is 0 Å². The van der Waals surface area contributed by atoms with Crippen molar-refractivity contribution < 1.29 is 0 Å². The lowest BCUT2D eigenvalue weighted by atomic mass is 10.0. The van der Waals surface area contributed by atoms with E-state index in [0.29, 0.717) is 5.84 Å². The third-order valence-electron chi connectivity index (χ3n) is 1.67. The second kappa shape index (κ2) is 3.89. The van der Waals surface area contributed by atoms with Crippen molar-refractivity contribution in [1.82, 2.24) is 5.43 Å². The zero-order chi connectivity index (χ0) is 8.97. The highest BCUT2D eigenvalue weighted by molar-refractivity contribution is 6.00. The van der Waals surface area contributed by atoms with Crippen LogP contribution >= 0.6 is 0 Å². The lowest BCUT2D eigenvalue weighted by Gasteiger charge is -2.12. The van der Waals surface area contributed by atoms with Crippen LogP contribution in [0.3, 0.4) is 0 Å².